The number of aromatic nitrogens is 3. The first-order chi connectivity index (χ1) is 16.4. The van der Waals surface area contributed by atoms with Gasteiger partial charge in [-0.05, 0) is 11.6 Å². The van der Waals surface area contributed by atoms with Gasteiger partial charge in [0.05, 0.1) is 31.4 Å². The van der Waals surface area contributed by atoms with E-state index in [4.69, 9.17) is 4.74 Å². The largest absolute Gasteiger partial charge is 0.370 e. The van der Waals surface area contributed by atoms with Crippen molar-refractivity contribution in [1.82, 2.24) is 29.5 Å². The van der Waals surface area contributed by atoms with E-state index in [1.165, 1.54) is 0 Å². The average Bonchev–Trinajstić information content (AvgIpc) is 3.36. The van der Waals surface area contributed by atoms with Crippen LogP contribution >= 0.6 is 0 Å². The standard InChI is InChI=1S/C24H30N6O4/c1-3-7-28-13-20(8-22(28)31)24(33)30-15-21(34-17-18-5-4-6-25-9-18)14-29(23(32)16-30)12-19-10-26-27(2)11-19/h3-6,9-11,20-21H,1,7-8,12-17H2,2H3/t20-,21+/m1/s1. The highest BCUT2D eigenvalue weighted by Crippen LogP contribution is 2.22. The molecule has 2 aliphatic heterocycles. The summed E-state index contributed by atoms with van der Waals surface area (Å²) in [4.78, 5) is 47.8. The summed E-state index contributed by atoms with van der Waals surface area (Å²) in [5, 5.41) is 4.18. The van der Waals surface area contributed by atoms with Crippen LogP contribution in [0.5, 0.6) is 0 Å². The van der Waals surface area contributed by atoms with Crippen molar-refractivity contribution < 1.29 is 19.1 Å². The predicted molar refractivity (Wildman–Crippen MR) is 123 cm³/mol. The van der Waals surface area contributed by atoms with Gasteiger partial charge in [-0.2, -0.15) is 5.10 Å². The fourth-order valence-electron chi connectivity index (χ4n) is 4.40. The summed E-state index contributed by atoms with van der Waals surface area (Å²) in [7, 11) is 1.83. The molecule has 10 nitrogen and oxygen atoms in total. The zero-order valence-corrected chi connectivity index (χ0v) is 19.4. The summed E-state index contributed by atoms with van der Waals surface area (Å²) in [6.07, 6.45) is 8.44. The molecule has 34 heavy (non-hydrogen) atoms. The molecule has 2 aliphatic rings. The van der Waals surface area contributed by atoms with Gasteiger partial charge >= 0.3 is 0 Å². The van der Waals surface area contributed by atoms with Gasteiger partial charge in [-0.25, -0.2) is 0 Å². The van der Waals surface area contributed by atoms with Crippen LogP contribution in [0.1, 0.15) is 17.5 Å². The average molecular weight is 467 g/mol. The first-order valence-electron chi connectivity index (χ1n) is 11.4. The van der Waals surface area contributed by atoms with Crippen molar-refractivity contribution in [2.75, 3.05) is 32.7 Å². The predicted octanol–water partition coefficient (Wildman–Crippen LogP) is 0.606. The molecule has 2 aromatic rings. The number of hydrogen-bond donors (Lipinski definition) is 0. The molecular weight excluding hydrogens is 436 g/mol. The molecular formula is C24H30N6O4. The third-order valence-corrected chi connectivity index (χ3v) is 6.09. The van der Waals surface area contributed by atoms with Crippen molar-refractivity contribution in [1.29, 1.82) is 0 Å². The second-order valence-electron chi connectivity index (χ2n) is 8.80. The van der Waals surface area contributed by atoms with E-state index in [0.29, 0.717) is 32.8 Å². The van der Waals surface area contributed by atoms with Gasteiger partial charge in [-0.1, -0.05) is 12.1 Å². The molecule has 4 rings (SSSR count). The van der Waals surface area contributed by atoms with E-state index < -0.39 is 5.92 Å². The molecule has 0 aliphatic carbocycles. The Morgan fingerprint density at radius 1 is 1.18 bits per heavy atom. The van der Waals surface area contributed by atoms with Crippen molar-refractivity contribution in [2.24, 2.45) is 13.0 Å². The lowest BCUT2D eigenvalue weighted by atomic mass is 10.1. The SMILES string of the molecule is C=CCN1C[C@H](C(=O)N2CC(=O)N(Cc3cnn(C)c3)C[C@H](OCc3cccnc3)C2)CC1=O. The molecule has 180 valence electrons. The Morgan fingerprint density at radius 3 is 2.74 bits per heavy atom. The first-order valence-corrected chi connectivity index (χ1v) is 11.4. The number of amides is 3. The Morgan fingerprint density at radius 2 is 2.03 bits per heavy atom. The molecule has 0 N–H and O–H groups in total. The molecule has 0 unspecified atom stereocenters. The second-order valence-corrected chi connectivity index (χ2v) is 8.80. The van der Waals surface area contributed by atoms with E-state index in [9.17, 15) is 14.4 Å². The molecule has 4 heterocycles. The number of pyridine rings is 1. The van der Waals surface area contributed by atoms with Crippen LogP contribution in [0.25, 0.3) is 0 Å². The van der Waals surface area contributed by atoms with Gasteiger partial charge in [-0.3, -0.25) is 24.0 Å². The molecule has 0 bridgehead atoms. The van der Waals surface area contributed by atoms with Crippen molar-refractivity contribution in [2.45, 2.75) is 25.7 Å². The second kappa shape index (κ2) is 10.6. The highest BCUT2D eigenvalue weighted by Gasteiger charge is 2.39. The van der Waals surface area contributed by atoms with Crippen LogP contribution in [-0.4, -0.2) is 86.0 Å². The van der Waals surface area contributed by atoms with Crippen LogP contribution in [0.15, 0.2) is 49.6 Å². The van der Waals surface area contributed by atoms with Gasteiger partial charge in [0.2, 0.25) is 17.7 Å². The van der Waals surface area contributed by atoms with Crippen LogP contribution in [0.4, 0.5) is 0 Å². The van der Waals surface area contributed by atoms with E-state index in [0.717, 1.165) is 11.1 Å². The zero-order chi connectivity index (χ0) is 24.1. The first kappa shape index (κ1) is 23.6. The Balaban J connectivity index is 1.49. The molecule has 2 saturated heterocycles. The highest BCUT2D eigenvalue weighted by molar-refractivity contribution is 5.91. The zero-order valence-electron chi connectivity index (χ0n) is 19.4. The van der Waals surface area contributed by atoms with Crippen molar-refractivity contribution in [3.63, 3.8) is 0 Å². The maximum Gasteiger partial charge on any atom is 0.242 e. The summed E-state index contributed by atoms with van der Waals surface area (Å²) in [5.74, 6) is -0.880. The summed E-state index contributed by atoms with van der Waals surface area (Å²) in [6.45, 7) is 5.73. The van der Waals surface area contributed by atoms with E-state index in [1.54, 1.807) is 44.0 Å². The van der Waals surface area contributed by atoms with Crippen molar-refractivity contribution >= 4 is 17.7 Å². The molecule has 10 heteroatoms. The Bertz CT molecular complexity index is 1040. The van der Waals surface area contributed by atoms with E-state index >= 15 is 0 Å². The molecule has 3 amide bonds. The summed E-state index contributed by atoms with van der Waals surface area (Å²) in [6, 6.07) is 3.76. The van der Waals surface area contributed by atoms with E-state index in [2.05, 4.69) is 16.7 Å². The van der Waals surface area contributed by atoms with Crippen LogP contribution in [0.3, 0.4) is 0 Å². The fourth-order valence-corrected chi connectivity index (χ4v) is 4.40. The van der Waals surface area contributed by atoms with Gasteiger partial charge < -0.3 is 19.4 Å². The molecule has 2 aromatic heterocycles. The minimum Gasteiger partial charge on any atom is -0.370 e. The van der Waals surface area contributed by atoms with E-state index in [-0.39, 0.29) is 43.3 Å². The molecule has 0 aromatic carbocycles. The summed E-state index contributed by atoms with van der Waals surface area (Å²) >= 11 is 0. The third-order valence-electron chi connectivity index (χ3n) is 6.09. The molecule has 0 spiro atoms. The number of rotatable bonds is 8. The number of likely N-dealkylation sites (tertiary alicyclic amines) is 1. The summed E-state index contributed by atoms with van der Waals surface area (Å²) in [5.41, 5.74) is 1.82. The molecule has 2 fully saturated rings. The minimum atomic E-state index is -0.468. The lowest BCUT2D eigenvalue weighted by Crippen LogP contribution is -2.43. The quantitative estimate of drug-likeness (QED) is 0.529. The Hall–Kier alpha value is -3.53. The van der Waals surface area contributed by atoms with Gasteiger partial charge in [0.1, 0.15) is 0 Å². The highest BCUT2D eigenvalue weighted by atomic mass is 16.5. The normalized spacial score (nSPS) is 21.1. The molecule has 0 radical (unpaired) electrons. The number of hydrogen-bond acceptors (Lipinski definition) is 6. The topological polar surface area (TPSA) is 101 Å². The lowest BCUT2D eigenvalue weighted by molar-refractivity contribution is -0.141. The number of aryl methyl sites for hydroxylation is 1. The minimum absolute atomic E-state index is 0.0437. The number of nitrogens with zero attached hydrogens (tertiary/aromatic N) is 6. The number of carbonyl (C=O) groups excluding carboxylic acids is 3. The van der Waals surface area contributed by atoms with Gasteiger partial charge in [0.15, 0.2) is 0 Å². The van der Waals surface area contributed by atoms with Gasteiger partial charge in [0, 0.05) is 70.3 Å². The Labute approximate surface area is 198 Å². The van der Waals surface area contributed by atoms with Gasteiger partial charge in [0.25, 0.3) is 0 Å². The van der Waals surface area contributed by atoms with Crippen molar-refractivity contribution in [3.8, 4) is 0 Å². The number of ether oxygens (including phenoxy) is 1. The third kappa shape index (κ3) is 5.69. The fraction of sp³-hybridized carbons (Fsp3) is 0.458. The lowest BCUT2D eigenvalue weighted by Gasteiger charge is -2.26. The number of carbonyl (C=O) groups is 3. The summed E-state index contributed by atoms with van der Waals surface area (Å²) < 4.78 is 7.85. The van der Waals surface area contributed by atoms with E-state index in [1.807, 2.05) is 25.4 Å². The van der Waals surface area contributed by atoms with Crippen LogP contribution in [0, 0.1) is 5.92 Å². The molecule has 2 atom stereocenters. The molecule has 0 saturated carbocycles. The van der Waals surface area contributed by atoms with Crippen molar-refractivity contribution in [3.05, 3.63) is 60.7 Å². The van der Waals surface area contributed by atoms with Crippen LogP contribution in [-0.2, 0) is 39.3 Å². The monoisotopic (exact) mass is 466 g/mol. The van der Waals surface area contributed by atoms with Crippen LogP contribution < -0.4 is 0 Å². The van der Waals surface area contributed by atoms with Crippen LogP contribution in [0.2, 0.25) is 0 Å². The maximum atomic E-state index is 13.4. The Kier molecular flexibility index (Phi) is 7.36. The van der Waals surface area contributed by atoms with Gasteiger partial charge in [-0.15, -0.1) is 6.58 Å². The smallest absolute Gasteiger partial charge is 0.242 e. The maximum absolute atomic E-state index is 13.4.